The molecule has 10 heteroatoms. The molecule has 3 aliphatic rings. The third-order valence-electron chi connectivity index (χ3n) is 6.56. The average molecular weight is 426 g/mol. The fraction of sp³-hybridized carbons (Fsp3) is 0.400. The molecule has 2 aliphatic heterocycles. The van der Waals surface area contributed by atoms with Crippen LogP contribution in [0.1, 0.15) is 24.0 Å². The van der Waals surface area contributed by atoms with Gasteiger partial charge in [0, 0.05) is 23.7 Å². The predicted molar refractivity (Wildman–Crippen MR) is 92.2 cm³/mol. The van der Waals surface area contributed by atoms with E-state index < -0.39 is 58.6 Å². The van der Waals surface area contributed by atoms with E-state index in [4.69, 9.17) is 4.74 Å². The summed E-state index contributed by atoms with van der Waals surface area (Å²) in [5.74, 6) is -2.81. The van der Waals surface area contributed by atoms with Gasteiger partial charge in [-0.1, -0.05) is 0 Å². The van der Waals surface area contributed by atoms with Gasteiger partial charge in [0.15, 0.2) is 0 Å². The first kappa shape index (κ1) is 19.4. The molecule has 0 unspecified atom stereocenters. The molecular weight excluding hydrogens is 411 g/mol. The van der Waals surface area contributed by atoms with Gasteiger partial charge in [-0.2, -0.15) is 17.6 Å². The maximum atomic E-state index is 13.8. The number of hydrogen-bond donors (Lipinski definition) is 2. The molecule has 2 aromatic rings. The molecule has 1 amide bonds. The molecule has 5 rings (SSSR count). The number of amides is 1. The van der Waals surface area contributed by atoms with Crippen LogP contribution < -0.4 is 5.32 Å². The summed E-state index contributed by atoms with van der Waals surface area (Å²) in [7, 11) is 0. The number of rotatable bonds is 3. The number of aromatic nitrogens is 1. The molecule has 2 bridgehead atoms. The summed E-state index contributed by atoms with van der Waals surface area (Å²) in [6.45, 7) is 0. The van der Waals surface area contributed by atoms with Crippen molar-refractivity contribution in [2.24, 2.45) is 5.41 Å². The fourth-order valence-corrected chi connectivity index (χ4v) is 5.28. The zero-order valence-electron chi connectivity index (χ0n) is 15.2. The van der Waals surface area contributed by atoms with Gasteiger partial charge in [0.2, 0.25) is 11.9 Å². The highest BCUT2D eigenvalue weighted by molar-refractivity contribution is 6.01. The van der Waals surface area contributed by atoms with Crippen molar-refractivity contribution in [2.75, 3.05) is 5.32 Å². The number of carbonyl (C=O) groups is 1. The molecule has 0 radical (unpaired) electrons. The van der Waals surface area contributed by atoms with Gasteiger partial charge in [-0.05, 0) is 42.3 Å². The van der Waals surface area contributed by atoms with E-state index in [0.29, 0.717) is 17.7 Å². The number of pyridine rings is 1. The van der Waals surface area contributed by atoms with Crippen molar-refractivity contribution >= 4 is 11.6 Å². The molecule has 3 fully saturated rings. The molecule has 1 saturated carbocycles. The predicted octanol–water partition coefficient (Wildman–Crippen LogP) is 3.18. The van der Waals surface area contributed by atoms with Crippen LogP contribution in [-0.4, -0.2) is 34.3 Å². The molecule has 1 aromatic heterocycles. The normalized spacial score (nSPS) is 34.0. The molecule has 5 nitrogen and oxygen atoms in total. The molecule has 0 spiro atoms. The second-order valence-electron chi connectivity index (χ2n) is 7.98. The first-order chi connectivity index (χ1) is 14.1. The fourth-order valence-electron chi connectivity index (χ4n) is 5.28. The molecule has 2 N–H and O–H groups in total. The molecule has 158 valence electrons. The van der Waals surface area contributed by atoms with Crippen molar-refractivity contribution in [3.8, 4) is 0 Å². The number of nitrogens with one attached hydrogen (secondary N) is 1. The van der Waals surface area contributed by atoms with Gasteiger partial charge in [-0.15, -0.1) is 0 Å². The molecule has 1 aromatic carbocycles. The standard InChI is InChI=1S/C20H15F5N2O3/c21-12-2-1-10(6-11(12)20(23,24)25)27-17(29)19-8-18(19,9-3-4-26-15(22)5-9)16-13(28)7-14(19)30-16/h1-6,13-14,16,28H,7-8H2,(H,27,29)/t13-,14+,16-,18+,19+/m0/s1. The Labute approximate surface area is 166 Å². The SMILES string of the molecule is O=C(Nc1ccc(F)c(C(F)(F)F)c1)[C@]12C[C@@]1(c1ccnc(F)c1)[C@H]1O[C@@H]2C[C@@H]1O. The summed E-state index contributed by atoms with van der Waals surface area (Å²) in [4.78, 5) is 16.7. The lowest BCUT2D eigenvalue weighted by Crippen LogP contribution is -2.44. The number of benzene rings is 1. The Bertz CT molecular complexity index is 1060. The Balaban J connectivity index is 1.51. The number of aliphatic hydroxyl groups excluding tert-OH is 1. The molecule has 2 saturated heterocycles. The summed E-state index contributed by atoms with van der Waals surface area (Å²) in [5.41, 5.74) is -3.44. The van der Waals surface area contributed by atoms with Crippen LogP contribution in [0.4, 0.5) is 27.6 Å². The van der Waals surface area contributed by atoms with Gasteiger partial charge in [0.1, 0.15) is 5.82 Å². The summed E-state index contributed by atoms with van der Waals surface area (Å²) in [6, 6.07) is 4.91. The lowest BCUT2D eigenvalue weighted by Gasteiger charge is -2.29. The number of aliphatic hydroxyl groups is 1. The Morgan fingerprint density at radius 2 is 2.00 bits per heavy atom. The molecule has 1 aliphatic carbocycles. The largest absolute Gasteiger partial charge is 0.419 e. The summed E-state index contributed by atoms with van der Waals surface area (Å²) in [6.07, 6.45) is -5.50. The second-order valence-corrected chi connectivity index (χ2v) is 7.98. The summed E-state index contributed by atoms with van der Waals surface area (Å²) >= 11 is 0. The smallest absolute Gasteiger partial charge is 0.390 e. The van der Waals surface area contributed by atoms with Crippen LogP contribution in [0.15, 0.2) is 36.5 Å². The van der Waals surface area contributed by atoms with Crippen LogP contribution >= 0.6 is 0 Å². The minimum Gasteiger partial charge on any atom is -0.390 e. The zero-order chi connectivity index (χ0) is 21.5. The van der Waals surface area contributed by atoms with Gasteiger partial charge in [0.05, 0.1) is 29.3 Å². The zero-order valence-corrected chi connectivity index (χ0v) is 15.2. The van der Waals surface area contributed by atoms with Crippen molar-refractivity contribution in [2.45, 2.75) is 42.7 Å². The van der Waals surface area contributed by atoms with Gasteiger partial charge >= 0.3 is 6.18 Å². The summed E-state index contributed by atoms with van der Waals surface area (Å²) < 4.78 is 72.1. The Hall–Kier alpha value is -2.59. The van der Waals surface area contributed by atoms with Gasteiger partial charge < -0.3 is 15.2 Å². The van der Waals surface area contributed by atoms with Crippen LogP contribution in [0.3, 0.4) is 0 Å². The monoisotopic (exact) mass is 426 g/mol. The average Bonchev–Trinajstić information content (AvgIpc) is 3.16. The molecule has 3 heterocycles. The van der Waals surface area contributed by atoms with Gasteiger partial charge in [-0.3, -0.25) is 4.79 Å². The maximum Gasteiger partial charge on any atom is 0.419 e. The van der Waals surface area contributed by atoms with Crippen molar-refractivity contribution < 1.29 is 36.6 Å². The maximum absolute atomic E-state index is 13.8. The highest BCUT2D eigenvalue weighted by Crippen LogP contribution is 2.77. The van der Waals surface area contributed by atoms with Crippen molar-refractivity contribution in [3.63, 3.8) is 0 Å². The van der Waals surface area contributed by atoms with Crippen LogP contribution in [0, 0.1) is 17.2 Å². The van der Waals surface area contributed by atoms with Crippen LogP contribution in [-0.2, 0) is 21.1 Å². The second kappa shape index (κ2) is 5.98. The topological polar surface area (TPSA) is 71.5 Å². The molecule has 30 heavy (non-hydrogen) atoms. The number of carbonyl (C=O) groups excluding carboxylic acids is 1. The number of hydrogen-bond acceptors (Lipinski definition) is 4. The lowest BCUT2D eigenvalue weighted by atomic mass is 9.74. The highest BCUT2D eigenvalue weighted by Gasteiger charge is 2.87. The number of halogens is 5. The highest BCUT2D eigenvalue weighted by atomic mass is 19.4. The van der Waals surface area contributed by atoms with Gasteiger partial charge in [-0.25, -0.2) is 9.37 Å². The number of ether oxygens (including phenoxy) is 1. The number of alkyl halides is 3. The van der Waals surface area contributed by atoms with Crippen molar-refractivity contribution in [1.29, 1.82) is 0 Å². The first-order valence-corrected chi connectivity index (χ1v) is 9.23. The molecular formula is C20H15F5N2O3. The number of anilines is 1. The van der Waals surface area contributed by atoms with Crippen molar-refractivity contribution in [3.05, 3.63) is 59.4 Å². The Morgan fingerprint density at radius 3 is 2.70 bits per heavy atom. The van der Waals surface area contributed by atoms with E-state index in [1.807, 2.05) is 0 Å². The third-order valence-corrected chi connectivity index (χ3v) is 6.56. The molecule has 5 atom stereocenters. The lowest BCUT2D eigenvalue weighted by molar-refractivity contribution is -0.140. The van der Waals surface area contributed by atoms with E-state index in [0.717, 1.165) is 6.07 Å². The van der Waals surface area contributed by atoms with E-state index in [2.05, 4.69) is 10.3 Å². The van der Waals surface area contributed by atoms with Crippen LogP contribution in [0.25, 0.3) is 0 Å². The van der Waals surface area contributed by atoms with Crippen molar-refractivity contribution in [1.82, 2.24) is 4.98 Å². The van der Waals surface area contributed by atoms with E-state index in [9.17, 15) is 31.9 Å². The van der Waals surface area contributed by atoms with E-state index in [-0.39, 0.29) is 18.5 Å². The van der Waals surface area contributed by atoms with Gasteiger partial charge in [0.25, 0.3) is 0 Å². The third kappa shape index (κ3) is 2.40. The number of fused-ring (bicyclic) bond motifs is 5. The summed E-state index contributed by atoms with van der Waals surface area (Å²) in [5, 5.41) is 12.8. The minimum absolute atomic E-state index is 0.185. The van der Waals surface area contributed by atoms with E-state index >= 15 is 0 Å². The van der Waals surface area contributed by atoms with E-state index in [1.165, 1.54) is 18.3 Å². The van der Waals surface area contributed by atoms with Crippen LogP contribution in [0.5, 0.6) is 0 Å². The Morgan fingerprint density at radius 1 is 1.23 bits per heavy atom. The quantitative estimate of drug-likeness (QED) is 0.584. The first-order valence-electron chi connectivity index (χ1n) is 9.23. The van der Waals surface area contributed by atoms with E-state index in [1.54, 1.807) is 0 Å². The minimum atomic E-state index is -4.92. The van der Waals surface area contributed by atoms with Crippen LogP contribution in [0.2, 0.25) is 0 Å². The number of nitrogens with zero attached hydrogens (tertiary/aromatic N) is 1. The Kier molecular flexibility index (Phi) is 3.86.